The quantitative estimate of drug-likeness (QED) is 0.651. The second-order valence-corrected chi connectivity index (χ2v) is 4.42. The normalized spacial score (nSPS) is 16.3. The summed E-state index contributed by atoms with van der Waals surface area (Å²) in [5, 5.41) is 19.3. The average molecular weight is 203 g/mol. The smallest absolute Gasteiger partial charge is 0.0927 e. The van der Waals surface area contributed by atoms with Crippen LogP contribution < -0.4 is 0 Å². The van der Waals surface area contributed by atoms with Gasteiger partial charge in [0.25, 0.3) is 0 Å². The fraction of sp³-hybridized carbons (Fsp3) is 1.00. The van der Waals surface area contributed by atoms with Gasteiger partial charge in [0.15, 0.2) is 0 Å². The number of hydrogen-bond donors (Lipinski definition) is 2. The standard InChI is InChI=1S/C11H25NO2/c1-5-6-7-12(4)8-10(13)11(14)9(2)3/h9-11,13-14H,5-8H2,1-4H3. The molecule has 86 valence electrons. The molecular weight excluding hydrogens is 178 g/mol. The van der Waals surface area contributed by atoms with Gasteiger partial charge in [-0.05, 0) is 25.9 Å². The molecular formula is C11H25NO2. The summed E-state index contributed by atoms with van der Waals surface area (Å²) in [7, 11) is 1.98. The Labute approximate surface area is 87.7 Å². The van der Waals surface area contributed by atoms with Gasteiger partial charge in [-0.2, -0.15) is 0 Å². The molecule has 0 saturated heterocycles. The van der Waals surface area contributed by atoms with E-state index in [0.29, 0.717) is 6.54 Å². The van der Waals surface area contributed by atoms with Crippen LogP contribution in [-0.2, 0) is 0 Å². The Kier molecular flexibility index (Phi) is 7.15. The molecule has 14 heavy (non-hydrogen) atoms. The van der Waals surface area contributed by atoms with Gasteiger partial charge in [0.2, 0.25) is 0 Å². The maximum atomic E-state index is 9.67. The van der Waals surface area contributed by atoms with Crippen LogP contribution >= 0.6 is 0 Å². The number of nitrogens with zero attached hydrogens (tertiary/aromatic N) is 1. The van der Waals surface area contributed by atoms with Gasteiger partial charge in [0.05, 0.1) is 12.2 Å². The number of rotatable bonds is 7. The lowest BCUT2D eigenvalue weighted by molar-refractivity contribution is -0.0222. The first-order chi connectivity index (χ1) is 6.49. The fourth-order valence-corrected chi connectivity index (χ4v) is 1.39. The molecule has 0 fully saturated rings. The van der Waals surface area contributed by atoms with Crippen LogP contribution in [0.2, 0.25) is 0 Å². The van der Waals surface area contributed by atoms with E-state index < -0.39 is 12.2 Å². The SMILES string of the molecule is CCCCN(C)CC(O)C(O)C(C)C. The van der Waals surface area contributed by atoms with Gasteiger partial charge in [0.1, 0.15) is 0 Å². The maximum Gasteiger partial charge on any atom is 0.0927 e. The summed E-state index contributed by atoms with van der Waals surface area (Å²) in [6.07, 6.45) is 1.06. The van der Waals surface area contributed by atoms with Gasteiger partial charge in [-0.3, -0.25) is 0 Å². The Hall–Kier alpha value is -0.120. The molecule has 0 aromatic rings. The molecule has 0 aromatic heterocycles. The zero-order valence-corrected chi connectivity index (χ0v) is 9.90. The molecule has 3 heteroatoms. The van der Waals surface area contributed by atoms with Crippen LogP contribution in [0.4, 0.5) is 0 Å². The molecule has 2 N–H and O–H groups in total. The van der Waals surface area contributed by atoms with Crippen LogP contribution in [0.1, 0.15) is 33.6 Å². The highest BCUT2D eigenvalue weighted by Crippen LogP contribution is 2.07. The third-order valence-electron chi connectivity index (χ3n) is 2.47. The summed E-state index contributed by atoms with van der Waals surface area (Å²) < 4.78 is 0. The number of aliphatic hydroxyl groups is 2. The monoisotopic (exact) mass is 203 g/mol. The Bertz CT molecular complexity index is 139. The minimum absolute atomic E-state index is 0.115. The first-order valence-electron chi connectivity index (χ1n) is 5.53. The Balaban J connectivity index is 3.74. The molecule has 3 nitrogen and oxygen atoms in total. The van der Waals surface area contributed by atoms with Crippen molar-refractivity contribution < 1.29 is 10.2 Å². The number of hydrogen-bond acceptors (Lipinski definition) is 3. The lowest BCUT2D eigenvalue weighted by Gasteiger charge is -2.25. The van der Waals surface area contributed by atoms with Crippen LogP contribution in [0, 0.1) is 5.92 Å². The number of unbranched alkanes of at least 4 members (excludes halogenated alkanes) is 1. The van der Waals surface area contributed by atoms with E-state index in [0.717, 1.165) is 19.4 Å². The van der Waals surface area contributed by atoms with Crippen LogP contribution in [0.3, 0.4) is 0 Å². The average Bonchev–Trinajstić information content (AvgIpc) is 2.13. The summed E-state index contributed by atoms with van der Waals surface area (Å²) in [6.45, 7) is 7.52. The molecule has 0 aliphatic rings. The van der Waals surface area contributed by atoms with Crippen molar-refractivity contribution in [3.63, 3.8) is 0 Å². The van der Waals surface area contributed by atoms with Gasteiger partial charge in [-0.15, -0.1) is 0 Å². The zero-order valence-electron chi connectivity index (χ0n) is 9.90. The molecule has 0 rings (SSSR count). The third kappa shape index (κ3) is 5.58. The summed E-state index contributed by atoms with van der Waals surface area (Å²) in [5.41, 5.74) is 0. The molecule has 2 atom stereocenters. The van der Waals surface area contributed by atoms with E-state index in [9.17, 15) is 10.2 Å². The van der Waals surface area contributed by atoms with E-state index >= 15 is 0 Å². The highest BCUT2D eigenvalue weighted by atomic mass is 16.3. The second kappa shape index (κ2) is 7.21. The van der Waals surface area contributed by atoms with Crippen LogP contribution in [0.5, 0.6) is 0 Å². The van der Waals surface area contributed by atoms with Crippen LogP contribution in [-0.4, -0.2) is 47.5 Å². The van der Waals surface area contributed by atoms with Gasteiger partial charge >= 0.3 is 0 Å². The molecule has 0 aromatic carbocycles. The maximum absolute atomic E-state index is 9.67. The van der Waals surface area contributed by atoms with Crippen molar-refractivity contribution in [3.05, 3.63) is 0 Å². The summed E-state index contributed by atoms with van der Waals surface area (Å²) in [6, 6.07) is 0. The molecule has 0 bridgehead atoms. The number of likely N-dealkylation sites (N-methyl/N-ethyl adjacent to an activating group) is 1. The Morgan fingerprint density at radius 3 is 2.21 bits per heavy atom. The summed E-state index contributed by atoms with van der Waals surface area (Å²) in [4.78, 5) is 2.07. The topological polar surface area (TPSA) is 43.7 Å². The van der Waals surface area contributed by atoms with Crippen molar-refractivity contribution in [2.24, 2.45) is 5.92 Å². The zero-order chi connectivity index (χ0) is 11.1. The molecule has 0 spiro atoms. The van der Waals surface area contributed by atoms with Crippen molar-refractivity contribution in [2.45, 2.75) is 45.8 Å². The van der Waals surface area contributed by atoms with E-state index in [1.807, 2.05) is 20.9 Å². The number of aliphatic hydroxyl groups excluding tert-OH is 2. The van der Waals surface area contributed by atoms with Gasteiger partial charge in [-0.25, -0.2) is 0 Å². The first kappa shape index (κ1) is 13.9. The molecule has 0 amide bonds. The summed E-state index contributed by atoms with van der Waals surface area (Å²) in [5.74, 6) is 0.115. The van der Waals surface area contributed by atoms with Crippen molar-refractivity contribution in [1.82, 2.24) is 4.90 Å². The van der Waals surface area contributed by atoms with E-state index in [1.54, 1.807) is 0 Å². The molecule has 0 heterocycles. The largest absolute Gasteiger partial charge is 0.390 e. The van der Waals surface area contributed by atoms with Crippen molar-refractivity contribution in [1.29, 1.82) is 0 Å². The molecule has 0 saturated carbocycles. The first-order valence-corrected chi connectivity index (χ1v) is 5.53. The molecule has 2 unspecified atom stereocenters. The summed E-state index contributed by atoms with van der Waals surface area (Å²) >= 11 is 0. The van der Waals surface area contributed by atoms with E-state index in [-0.39, 0.29) is 5.92 Å². The van der Waals surface area contributed by atoms with Crippen molar-refractivity contribution in [2.75, 3.05) is 20.1 Å². The third-order valence-corrected chi connectivity index (χ3v) is 2.47. The predicted molar refractivity (Wildman–Crippen MR) is 59.3 cm³/mol. The second-order valence-electron chi connectivity index (χ2n) is 4.42. The highest BCUT2D eigenvalue weighted by molar-refractivity contribution is 4.72. The minimum Gasteiger partial charge on any atom is -0.390 e. The van der Waals surface area contributed by atoms with E-state index in [1.165, 1.54) is 0 Å². The molecule has 0 aliphatic heterocycles. The Morgan fingerprint density at radius 2 is 1.79 bits per heavy atom. The van der Waals surface area contributed by atoms with E-state index in [4.69, 9.17) is 0 Å². The minimum atomic E-state index is -0.628. The van der Waals surface area contributed by atoms with E-state index in [2.05, 4.69) is 11.8 Å². The van der Waals surface area contributed by atoms with Crippen LogP contribution in [0.25, 0.3) is 0 Å². The van der Waals surface area contributed by atoms with Gasteiger partial charge in [-0.1, -0.05) is 27.2 Å². The van der Waals surface area contributed by atoms with Crippen LogP contribution in [0.15, 0.2) is 0 Å². The van der Waals surface area contributed by atoms with Gasteiger partial charge in [0, 0.05) is 6.54 Å². The lowest BCUT2D eigenvalue weighted by atomic mass is 10.0. The van der Waals surface area contributed by atoms with Gasteiger partial charge < -0.3 is 15.1 Å². The Morgan fingerprint density at radius 1 is 1.21 bits per heavy atom. The van der Waals surface area contributed by atoms with Crippen molar-refractivity contribution in [3.8, 4) is 0 Å². The lowest BCUT2D eigenvalue weighted by Crippen LogP contribution is -2.40. The molecule has 0 aliphatic carbocycles. The fourth-order valence-electron chi connectivity index (χ4n) is 1.39. The predicted octanol–water partition coefficient (Wildman–Crippen LogP) is 1.10. The highest BCUT2D eigenvalue weighted by Gasteiger charge is 2.20. The molecule has 0 radical (unpaired) electrons. The van der Waals surface area contributed by atoms with Crippen molar-refractivity contribution >= 4 is 0 Å².